The maximum absolute atomic E-state index is 12.4. The predicted octanol–water partition coefficient (Wildman–Crippen LogP) is 2.31. The quantitative estimate of drug-likeness (QED) is 0.910. The normalized spacial score (nSPS) is 13.1. The molecule has 2 rings (SSSR count). The van der Waals surface area contributed by atoms with Crippen molar-refractivity contribution in [3.63, 3.8) is 0 Å². The molecule has 0 aliphatic rings. The third-order valence-corrected chi connectivity index (χ3v) is 3.18. The minimum absolute atomic E-state index is 0.131. The van der Waals surface area contributed by atoms with Crippen LogP contribution in [0.15, 0.2) is 30.5 Å². The van der Waals surface area contributed by atoms with Gasteiger partial charge in [-0.05, 0) is 6.07 Å². The number of nitrogens with one attached hydrogen (secondary N) is 1. The van der Waals surface area contributed by atoms with Crippen LogP contribution in [0.2, 0.25) is 0 Å². The zero-order valence-electron chi connectivity index (χ0n) is 11.5. The lowest BCUT2D eigenvalue weighted by atomic mass is 10.1. The molecule has 2 N–H and O–H groups in total. The van der Waals surface area contributed by atoms with E-state index in [-0.39, 0.29) is 5.56 Å². The van der Waals surface area contributed by atoms with Crippen LogP contribution in [0.25, 0.3) is 10.9 Å². The summed E-state index contributed by atoms with van der Waals surface area (Å²) in [6.45, 7) is 0. The van der Waals surface area contributed by atoms with Crippen LogP contribution in [0.4, 0.5) is 13.2 Å². The van der Waals surface area contributed by atoms with Gasteiger partial charge in [0.25, 0.3) is 5.91 Å². The van der Waals surface area contributed by atoms with Crippen molar-refractivity contribution in [1.82, 2.24) is 9.88 Å². The molecule has 22 heavy (non-hydrogen) atoms. The predicted molar refractivity (Wildman–Crippen MR) is 72.5 cm³/mol. The Bertz CT molecular complexity index is 722. The number of halogens is 3. The number of rotatable bonds is 4. The topological polar surface area (TPSA) is 71.3 Å². The van der Waals surface area contributed by atoms with E-state index in [1.165, 1.54) is 6.20 Å². The lowest BCUT2D eigenvalue weighted by Gasteiger charge is -2.16. The van der Waals surface area contributed by atoms with Crippen LogP contribution >= 0.6 is 0 Å². The number of hydrogen-bond donors (Lipinski definition) is 2. The Balaban J connectivity index is 2.28. The Labute approximate surface area is 123 Å². The Morgan fingerprint density at radius 2 is 1.95 bits per heavy atom. The molecule has 0 bridgehead atoms. The maximum atomic E-state index is 12.4. The summed E-state index contributed by atoms with van der Waals surface area (Å²) in [5, 5.41) is 11.3. The molecule has 0 fully saturated rings. The average molecular weight is 314 g/mol. The summed E-state index contributed by atoms with van der Waals surface area (Å²) in [5.74, 6) is -2.58. The number of aliphatic carboxylic acids is 1. The van der Waals surface area contributed by atoms with Gasteiger partial charge >= 0.3 is 12.1 Å². The van der Waals surface area contributed by atoms with E-state index in [1.807, 2.05) is 5.32 Å². The van der Waals surface area contributed by atoms with E-state index in [0.29, 0.717) is 5.39 Å². The van der Waals surface area contributed by atoms with Crippen LogP contribution in [0, 0.1) is 0 Å². The van der Waals surface area contributed by atoms with Gasteiger partial charge in [-0.3, -0.25) is 4.79 Å². The number of para-hydroxylation sites is 1. The van der Waals surface area contributed by atoms with Crippen molar-refractivity contribution in [2.24, 2.45) is 7.05 Å². The fourth-order valence-corrected chi connectivity index (χ4v) is 2.19. The van der Waals surface area contributed by atoms with Crippen molar-refractivity contribution in [1.29, 1.82) is 0 Å². The highest BCUT2D eigenvalue weighted by Crippen LogP contribution is 2.23. The molecule has 1 unspecified atom stereocenters. The number of alkyl halides is 3. The Morgan fingerprint density at radius 3 is 2.55 bits per heavy atom. The first kappa shape index (κ1) is 15.9. The van der Waals surface area contributed by atoms with E-state index in [2.05, 4.69) is 0 Å². The van der Waals surface area contributed by atoms with Gasteiger partial charge in [-0.1, -0.05) is 18.2 Å². The highest BCUT2D eigenvalue weighted by atomic mass is 19.4. The lowest BCUT2D eigenvalue weighted by Crippen LogP contribution is -2.43. The van der Waals surface area contributed by atoms with Crippen LogP contribution in [0.5, 0.6) is 0 Å². The van der Waals surface area contributed by atoms with E-state index in [0.717, 1.165) is 5.52 Å². The zero-order valence-corrected chi connectivity index (χ0v) is 11.5. The van der Waals surface area contributed by atoms with Gasteiger partial charge in [0.05, 0.1) is 12.0 Å². The van der Waals surface area contributed by atoms with Crippen LogP contribution in [0.1, 0.15) is 16.8 Å². The second-order valence-electron chi connectivity index (χ2n) is 4.85. The number of amides is 1. The van der Waals surface area contributed by atoms with Crippen molar-refractivity contribution >= 4 is 22.8 Å². The van der Waals surface area contributed by atoms with E-state index < -0.39 is 30.5 Å². The molecular formula is C14H13F3N2O3. The van der Waals surface area contributed by atoms with Crippen molar-refractivity contribution < 1.29 is 27.9 Å². The number of benzene rings is 1. The monoisotopic (exact) mass is 314 g/mol. The van der Waals surface area contributed by atoms with Gasteiger partial charge in [0.1, 0.15) is 6.04 Å². The minimum atomic E-state index is -4.69. The van der Waals surface area contributed by atoms with Crippen LogP contribution in [0.3, 0.4) is 0 Å². The highest BCUT2D eigenvalue weighted by molar-refractivity contribution is 6.07. The fraction of sp³-hybridized carbons (Fsp3) is 0.286. The summed E-state index contributed by atoms with van der Waals surface area (Å²) in [7, 11) is 1.68. The number of carbonyl (C=O) groups is 2. The summed E-state index contributed by atoms with van der Waals surface area (Å²) in [6, 6.07) is 4.81. The molecule has 0 radical (unpaired) electrons. The molecule has 1 atom stereocenters. The van der Waals surface area contributed by atoms with Gasteiger partial charge in [-0.2, -0.15) is 13.2 Å². The lowest BCUT2D eigenvalue weighted by molar-refractivity contribution is -0.157. The van der Waals surface area contributed by atoms with Crippen molar-refractivity contribution in [2.45, 2.75) is 18.6 Å². The van der Waals surface area contributed by atoms with Crippen LogP contribution < -0.4 is 5.32 Å². The smallest absolute Gasteiger partial charge is 0.391 e. The Hall–Kier alpha value is -2.51. The highest BCUT2D eigenvalue weighted by Gasteiger charge is 2.36. The second kappa shape index (κ2) is 5.70. The Kier molecular flexibility index (Phi) is 4.11. The number of aromatic nitrogens is 1. The number of carboxylic acids is 1. The summed E-state index contributed by atoms with van der Waals surface area (Å²) in [4.78, 5) is 23.0. The molecule has 118 valence electrons. The van der Waals surface area contributed by atoms with Gasteiger partial charge in [0, 0.05) is 24.1 Å². The van der Waals surface area contributed by atoms with Crippen molar-refractivity contribution in [2.75, 3.05) is 0 Å². The standard InChI is InChI=1S/C14H13F3N2O3/c1-19-7-9(8-4-2-3-5-11(8)19)12(20)18-10(13(21)22)6-14(15,16)17/h2-5,7,10H,6H2,1H3,(H,18,20)(H,21,22). The largest absolute Gasteiger partial charge is 0.480 e. The number of aryl methyl sites for hydroxylation is 1. The first-order valence-electron chi connectivity index (χ1n) is 6.33. The molecule has 8 heteroatoms. The van der Waals surface area contributed by atoms with Gasteiger partial charge in [-0.25, -0.2) is 4.79 Å². The fourth-order valence-electron chi connectivity index (χ4n) is 2.19. The summed E-state index contributed by atoms with van der Waals surface area (Å²) in [5.41, 5.74) is 0.849. The minimum Gasteiger partial charge on any atom is -0.480 e. The molecule has 0 spiro atoms. The first-order valence-corrected chi connectivity index (χ1v) is 6.33. The van der Waals surface area contributed by atoms with Crippen LogP contribution in [-0.4, -0.2) is 33.8 Å². The van der Waals surface area contributed by atoms with E-state index in [1.54, 1.807) is 35.9 Å². The molecule has 2 aromatic rings. The SMILES string of the molecule is Cn1cc(C(=O)NC(CC(F)(F)F)C(=O)O)c2ccccc21. The number of carboxylic acid groups (broad SMARTS) is 1. The summed E-state index contributed by atoms with van der Waals surface area (Å²) >= 11 is 0. The maximum Gasteiger partial charge on any atom is 0.391 e. The third kappa shape index (κ3) is 3.38. The molecule has 1 aromatic heterocycles. The molecule has 0 saturated heterocycles. The molecule has 0 saturated carbocycles. The molecule has 5 nitrogen and oxygen atoms in total. The number of carbonyl (C=O) groups excluding carboxylic acids is 1. The van der Waals surface area contributed by atoms with E-state index >= 15 is 0 Å². The van der Waals surface area contributed by atoms with Gasteiger partial charge in [-0.15, -0.1) is 0 Å². The number of hydrogen-bond acceptors (Lipinski definition) is 2. The summed E-state index contributed by atoms with van der Waals surface area (Å²) < 4.78 is 38.7. The molecule has 0 aliphatic carbocycles. The zero-order chi connectivity index (χ0) is 16.5. The molecule has 1 aromatic carbocycles. The van der Waals surface area contributed by atoms with Gasteiger partial charge < -0.3 is 15.0 Å². The number of fused-ring (bicyclic) bond motifs is 1. The Morgan fingerprint density at radius 1 is 1.32 bits per heavy atom. The second-order valence-corrected chi connectivity index (χ2v) is 4.85. The van der Waals surface area contributed by atoms with E-state index in [9.17, 15) is 22.8 Å². The number of nitrogens with zero attached hydrogens (tertiary/aromatic N) is 1. The van der Waals surface area contributed by atoms with E-state index in [4.69, 9.17) is 5.11 Å². The molecule has 0 aliphatic heterocycles. The molecule has 1 heterocycles. The van der Waals surface area contributed by atoms with Gasteiger partial charge in [0.2, 0.25) is 0 Å². The van der Waals surface area contributed by atoms with Crippen LogP contribution in [-0.2, 0) is 11.8 Å². The van der Waals surface area contributed by atoms with Crippen molar-refractivity contribution in [3.8, 4) is 0 Å². The summed E-state index contributed by atoms with van der Waals surface area (Å²) in [6.07, 6.45) is -4.86. The third-order valence-electron chi connectivity index (χ3n) is 3.18. The van der Waals surface area contributed by atoms with Crippen molar-refractivity contribution in [3.05, 3.63) is 36.0 Å². The average Bonchev–Trinajstić information content (AvgIpc) is 2.74. The van der Waals surface area contributed by atoms with Gasteiger partial charge in [0.15, 0.2) is 0 Å². The first-order chi connectivity index (χ1) is 10.2. The molecule has 1 amide bonds. The molecular weight excluding hydrogens is 301 g/mol.